The van der Waals surface area contributed by atoms with Crippen molar-refractivity contribution in [2.24, 2.45) is 0 Å². The van der Waals surface area contributed by atoms with E-state index >= 15 is 0 Å². The molecule has 0 atom stereocenters. The molecular weight excluding hydrogens is 212 g/mol. The van der Waals surface area contributed by atoms with Gasteiger partial charge in [-0.1, -0.05) is 0 Å². The van der Waals surface area contributed by atoms with Gasteiger partial charge in [0.15, 0.2) is 0 Å². The molecule has 2 aromatic rings. The van der Waals surface area contributed by atoms with Crippen molar-refractivity contribution >= 4 is 5.82 Å². The van der Waals surface area contributed by atoms with Crippen molar-refractivity contribution < 1.29 is 0 Å². The predicted molar refractivity (Wildman–Crippen MR) is 68.9 cm³/mol. The third kappa shape index (κ3) is 2.58. The lowest BCUT2D eigenvalue weighted by molar-refractivity contribution is 1.04. The zero-order valence-electron chi connectivity index (χ0n) is 10.4. The van der Waals surface area contributed by atoms with Gasteiger partial charge in [0, 0.05) is 30.6 Å². The van der Waals surface area contributed by atoms with E-state index in [-0.39, 0.29) is 0 Å². The average molecular weight is 228 g/mol. The van der Waals surface area contributed by atoms with E-state index in [0.29, 0.717) is 0 Å². The first-order valence-electron chi connectivity index (χ1n) is 5.71. The number of aryl methyl sites for hydroxylation is 2. The van der Waals surface area contributed by atoms with Crippen LogP contribution in [0.1, 0.15) is 18.3 Å². The van der Waals surface area contributed by atoms with Gasteiger partial charge in [-0.3, -0.25) is 4.98 Å². The summed E-state index contributed by atoms with van der Waals surface area (Å²) < 4.78 is 0. The van der Waals surface area contributed by atoms with Gasteiger partial charge in [0.05, 0.1) is 5.69 Å². The Kier molecular flexibility index (Phi) is 3.32. The number of nitrogens with zero attached hydrogens (tertiary/aromatic N) is 3. The number of rotatable bonds is 3. The Hall–Kier alpha value is -1.97. The summed E-state index contributed by atoms with van der Waals surface area (Å²) in [6, 6.07) is 3.95. The van der Waals surface area contributed by atoms with Gasteiger partial charge in [-0.15, -0.1) is 0 Å². The maximum atomic E-state index is 4.47. The third-order valence-electron chi connectivity index (χ3n) is 2.49. The molecule has 0 aliphatic heterocycles. The molecule has 0 fully saturated rings. The summed E-state index contributed by atoms with van der Waals surface area (Å²) in [6.45, 7) is 6.84. The van der Waals surface area contributed by atoms with Crippen LogP contribution in [0.3, 0.4) is 0 Å². The zero-order valence-corrected chi connectivity index (χ0v) is 10.4. The fraction of sp³-hybridized carbons (Fsp3) is 0.308. The summed E-state index contributed by atoms with van der Waals surface area (Å²) in [7, 11) is 0. The quantitative estimate of drug-likeness (QED) is 0.877. The van der Waals surface area contributed by atoms with Crippen molar-refractivity contribution in [2.45, 2.75) is 20.8 Å². The van der Waals surface area contributed by atoms with Crippen LogP contribution in [0.2, 0.25) is 0 Å². The number of anilines is 1. The van der Waals surface area contributed by atoms with E-state index in [9.17, 15) is 0 Å². The highest BCUT2D eigenvalue weighted by atomic mass is 15.0. The summed E-state index contributed by atoms with van der Waals surface area (Å²) in [4.78, 5) is 12.9. The summed E-state index contributed by atoms with van der Waals surface area (Å²) >= 11 is 0. The Labute approximate surface area is 101 Å². The Morgan fingerprint density at radius 2 is 2.06 bits per heavy atom. The van der Waals surface area contributed by atoms with E-state index in [1.165, 1.54) is 0 Å². The number of hydrogen-bond donors (Lipinski definition) is 1. The van der Waals surface area contributed by atoms with Gasteiger partial charge in [0.25, 0.3) is 0 Å². The summed E-state index contributed by atoms with van der Waals surface area (Å²) in [6.07, 6.45) is 3.63. The number of hydrogen-bond acceptors (Lipinski definition) is 4. The van der Waals surface area contributed by atoms with Crippen LogP contribution in [0.4, 0.5) is 5.82 Å². The number of nitrogens with one attached hydrogen (secondary N) is 1. The van der Waals surface area contributed by atoms with Gasteiger partial charge in [0.1, 0.15) is 11.6 Å². The topological polar surface area (TPSA) is 50.7 Å². The minimum Gasteiger partial charge on any atom is -0.370 e. The van der Waals surface area contributed by atoms with Gasteiger partial charge < -0.3 is 5.32 Å². The van der Waals surface area contributed by atoms with Crippen molar-refractivity contribution in [3.8, 4) is 11.3 Å². The molecule has 0 aliphatic rings. The molecule has 2 aromatic heterocycles. The first kappa shape index (κ1) is 11.5. The van der Waals surface area contributed by atoms with E-state index in [0.717, 1.165) is 35.0 Å². The molecule has 2 rings (SSSR count). The molecule has 4 heteroatoms. The summed E-state index contributed by atoms with van der Waals surface area (Å²) in [5, 5.41) is 3.21. The Balaban J connectivity index is 2.48. The summed E-state index contributed by atoms with van der Waals surface area (Å²) in [5.41, 5.74) is 3.16. The lowest BCUT2D eigenvalue weighted by atomic mass is 10.1. The van der Waals surface area contributed by atoms with E-state index in [1.54, 1.807) is 6.20 Å². The van der Waals surface area contributed by atoms with E-state index < -0.39 is 0 Å². The fourth-order valence-electron chi connectivity index (χ4n) is 1.74. The van der Waals surface area contributed by atoms with Crippen LogP contribution in [0.25, 0.3) is 11.3 Å². The molecule has 17 heavy (non-hydrogen) atoms. The normalized spacial score (nSPS) is 10.3. The highest BCUT2D eigenvalue weighted by Gasteiger charge is 2.06. The molecule has 0 radical (unpaired) electrons. The minimum absolute atomic E-state index is 0.773. The van der Waals surface area contributed by atoms with Crippen molar-refractivity contribution in [3.63, 3.8) is 0 Å². The zero-order chi connectivity index (χ0) is 12.3. The standard InChI is InChI=1S/C13H16N4/c1-4-15-13-7-12(16-10(3)17-13)11-5-6-14-8-9(11)2/h5-8H,4H2,1-3H3,(H,15,16,17). The second-order valence-corrected chi connectivity index (χ2v) is 3.91. The van der Waals surface area contributed by atoms with Gasteiger partial charge in [-0.05, 0) is 32.4 Å². The molecule has 4 nitrogen and oxygen atoms in total. The van der Waals surface area contributed by atoms with Crippen molar-refractivity contribution in [3.05, 3.63) is 35.9 Å². The molecule has 0 bridgehead atoms. The molecule has 88 valence electrons. The smallest absolute Gasteiger partial charge is 0.130 e. The molecule has 2 heterocycles. The molecule has 0 saturated carbocycles. The molecule has 0 saturated heterocycles. The molecule has 1 N–H and O–H groups in total. The van der Waals surface area contributed by atoms with Crippen LogP contribution in [0, 0.1) is 13.8 Å². The first-order valence-corrected chi connectivity index (χ1v) is 5.71. The van der Waals surface area contributed by atoms with Crippen LogP contribution in [0.15, 0.2) is 24.5 Å². The first-order chi connectivity index (χ1) is 8.20. The van der Waals surface area contributed by atoms with Gasteiger partial charge in [0.2, 0.25) is 0 Å². The maximum absolute atomic E-state index is 4.47. The molecule has 0 amide bonds. The lowest BCUT2D eigenvalue weighted by Gasteiger charge is -2.08. The largest absolute Gasteiger partial charge is 0.370 e. The lowest BCUT2D eigenvalue weighted by Crippen LogP contribution is -2.02. The van der Waals surface area contributed by atoms with E-state index in [2.05, 4.69) is 27.2 Å². The van der Waals surface area contributed by atoms with Crippen molar-refractivity contribution in [1.82, 2.24) is 15.0 Å². The fourth-order valence-corrected chi connectivity index (χ4v) is 1.74. The molecule has 0 unspecified atom stereocenters. The molecule has 0 spiro atoms. The monoisotopic (exact) mass is 228 g/mol. The minimum atomic E-state index is 0.773. The number of pyridine rings is 1. The number of aromatic nitrogens is 3. The van der Waals surface area contributed by atoms with Crippen LogP contribution in [0.5, 0.6) is 0 Å². The van der Waals surface area contributed by atoms with E-state index in [1.807, 2.05) is 32.2 Å². The maximum Gasteiger partial charge on any atom is 0.130 e. The summed E-state index contributed by atoms with van der Waals surface area (Å²) in [5.74, 6) is 1.64. The van der Waals surface area contributed by atoms with Crippen molar-refractivity contribution in [2.75, 3.05) is 11.9 Å². The Bertz CT molecular complexity index is 523. The highest BCUT2D eigenvalue weighted by Crippen LogP contribution is 2.22. The van der Waals surface area contributed by atoms with Gasteiger partial charge in [-0.2, -0.15) is 0 Å². The third-order valence-corrected chi connectivity index (χ3v) is 2.49. The average Bonchev–Trinajstić information content (AvgIpc) is 2.29. The Morgan fingerprint density at radius 3 is 2.76 bits per heavy atom. The van der Waals surface area contributed by atoms with Crippen LogP contribution >= 0.6 is 0 Å². The van der Waals surface area contributed by atoms with E-state index in [4.69, 9.17) is 0 Å². The molecule has 0 aromatic carbocycles. The highest BCUT2D eigenvalue weighted by molar-refractivity contribution is 5.65. The van der Waals surface area contributed by atoms with Crippen molar-refractivity contribution in [1.29, 1.82) is 0 Å². The second-order valence-electron chi connectivity index (χ2n) is 3.91. The van der Waals surface area contributed by atoms with Gasteiger partial charge in [-0.25, -0.2) is 9.97 Å². The van der Waals surface area contributed by atoms with Crippen LogP contribution in [-0.4, -0.2) is 21.5 Å². The Morgan fingerprint density at radius 1 is 1.24 bits per heavy atom. The molecule has 0 aliphatic carbocycles. The van der Waals surface area contributed by atoms with Crippen LogP contribution in [-0.2, 0) is 0 Å². The predicted octanol–water partition coefficient (Wildman–Crippen LogP) is 2.59. The van der Waals surface area contributed by atoms with Gasteiger partial charge >= 0.3 is 0 Å². The second kappa shape index (κ2) is 4.91. The van der Waals surface area contributed by atoms with Crippen LogP contribution < -0.4 is 5.32 Å². The molecular formula is C13H16N4. The SMILES string of the molecule is CCNc1cc(-c2ccncc2C)nc(C)n1.